The van der Waals surface area contributed by atoms with E-state index in [-0.39, 0.29) is 5.56 Å². The van der Waals surface area contributed by atoms with Gasteiger partial charge in [0.25, 0.3) is 5.91 Å². The van der Waals surface area contributed by atoms with Crippen LogP contribution in [0.2, 0.25) is 0 Å². The van der Waals surface area contributed by atoms with Gasteiger partial charge in [0, 0.05) is 22.6 Å². The summed E-state index contributed by atoms with van der Waals surface area (Å²) >= 11 is 3.40. The van der Waals surface area contributed by atoms with E-state index in [1.165, 1.54) is 6.92 Å². The number of ether oxygens (including phenoxy) is 1. The average Bonchev–Trinajstić information content (AvgIpc) is 2.69. The van der Waals surface area contributed by atoms with Crippen LogP contribution >= 0.6 is 15.9 Å². The molecule has 0 fully saturated rings. The Morgan fingerprint density at radius 1 is 1.13 bits per heavy atom. The minimum Gasteiger partial charge on any atom is -0.458 e. The molecule has 0 saturated carbocycles. The summed E-state index contributed by atoms with van der Waals surface area (Å²) < 4.78 is 7.92. The molecular formula is C24H25BrN2O4. The Morgan fingerprint density at radius 2 is 1.81 bits per heavy atom. The van der Waals surface area contributed by atoms with Crippen LogP contribution in [0.1, 0.15) is 43.6 Å². The van der Waals surface area contributed by atoms with Crippen molar-refractivity contribution in [3.8, 4) is 0 Å². The van der Waals surface area contributed by atoms with Gasteiger partial charge in [0.2, 0.25) is 5.43 Å². The summed E-state index contributed by atoms with van der Waals surface area (Å²) in [7, 11) is 0. The third-order valence-corrected chi connectivity index (χ3v) is 5.08. The second kappa shape index (κ2) is 9.06. The lowest BCUT2D eigenvalue weighted by Gasteiger charge is -2.22. The molecule has 1 unspecified atom stereocenters. The Kier molecular flexibility index (Phi) is 6.65. The van der Waals surface area contributed by atoms with Crippen LogP contribution in [0.4, 0.5) is 0 Å². The fourth-order valence-electron chi connectivity index (χ4n) is 3.17. The number of rotatable bonds is 5. The highest BCUT2D eigenvalue weighted by Gasteiger charge is 2.25. The van der Waals surface area contributed by atoms with E-state index in [1.807, 2.05) is 47.0 Å². The van der Waals surface area contributed by atoms with Crippen LogP contribution in [0.15, 0.2) is 64.0 Å². The molecule has 31 heavy (non-hydrogen) atoms. The predicted molar refractivity (Wildman–Crippen MR) is 124 cm³/mol. The van der Waals surface area contributed by atoms with Gasteiger partial charge in [-0.1, -0.05) is 46.3 Å². The van der Waals surface area contributed by atoms with Gasteiger partial charge < -0.3 is 14.6 Å². The van der Waals surface area contributed by atoms with Gasteiger partial charge in [0.1, 0.15) is 17.2 Å². The van der Waals surface area contributed by atoms with E-state index in [9.17, 15) is 14.4 Å². The highest BCUT2D eigenvalue weighted by atomic mass is 79.9. The second-order valence-corrected chi connectivity index (χ2v) is 9.29. The molecule has 1 atom stereocenters. The lowest BCUT2D eigenvalue weighted by Crippen LogP contribution is -2.43. The zero-order chi connectivity index (χ0) is 22.8. The van der Waals surface area contributed by atoms with Gasteiger partial charge in [-0.25, -0.2) is 4.79 Å². The molecule has 0 saturated heterocycles. The fourth-order valence-corrected chi connectivity index (χ4v) is 3.53. The van der Waals surface area contributed by atoms with Crippen molar-refractivity contribution in [1.82, 2.24) is 9.88 Å². The Labute approximate surface area is 189 Å². The van der Waals surface area contributed by atoms with E-state index in [0.29, 0.717) is 17.4 Å². The van der Waals surface area contributed by atoms with Gasteiger partial charge in [-0.15, -0.1) is 0 Å². The summed E-state index contributed by atoms with van der Waals surface area (Å²) in [6.45, 7) is 7.28. The Balaban J connectivity index is 1.99. The summed E-state index contributed by atoms with van der Waals surface area (Å²) in [6, 6.07) is 14.3. The van der Waals surface area contributed by atoms with Crippen LogP contribution in [-0.2, 0) is 16.1 Å². The molecule has 7 heteroatoms. The van der Waals surface area contributed by atoms with Crippen molar-refractivity contribution >= 4 is 38.7 Å². The third-order valence-electron chi connectivity index (χ3n) is 4.59. The highest BCUT2D eigenvalue weighted by molar-refractivity contribution is 9.10. The number of carbonyl (C=O) groups excluding carboxylic acids is 2. The van der Waals surface area contributed by atoms with Crippen molar-refractivity contribution in [3.63, 3.8) is 0 Å². The van der Waals surface area contributed by atoms with E-state index in [2.05, 4.69) is 21.2 Å². The summed E-state index contributed by atoms with van der Waals surface area (Å²) in [6.07, 6.45) is 1.54. The van der Waals surface area contributed by atoms with E-state index in [1.54, 1.807) is 33.0 Å². The van der Waals surface area contributed by atoms with Crippen molar-refractivity contribution < 1.29 is 14.3 Å². The van der Waals surface area contributed by atoms with Crippen molar-refractivity contribution in [2.45, 2.75) is 45.9 Å². The number of pyridine rings is 1. The summed E-state index contributed by atoms with van der Waals surface area (Å²) in [4.78, 5) is 38.3. The van der Waals surface area contributed by atoms with E-state index >= 15 is 0 Å². The number of nitrogens with one attached hydrogen (secondary N) is 1. The summed E-state index contributed by atoms with van der Waals surface area (Å²) in [5.41, 5.74) is 0.650. The number of halogens is 1. The fraction of sp³-hybridized carbons (Fsp3) is 0.292. The molecule has 0 spiro atoms. The smallest absolute Gasteiger partial charge is 0.328 e. The highest BCUT2D eigenvalue weighted by Crippen LogP contribution is 2.19. The van der Waals surface area contributed by atoms with Gasteiger partial charge in [0.05, 0.1) is 5.52 Å². The first kappa shape index (κ1) is 22.7. The normalized spacial score (nSPS) is 12.4. The Hall–Kier alpha value is -2.93. The first-order valence-corrected chi connectivity index (χ1v) is 10.7. The molecule has 0 aliphatic heterocycles. The maximum absolute atomic E-state index is 13.1. The molecule has 3 rings (SSSR count). The minimum absolute atomic E-state index is 0.0306. The van der Waals surface area contributed by atoms with Crippen LogP contribution in [0.3, 0.4) is 0 Å². The molecule has 1 aromatic heterocycles. The molecular weight excluding hydrogens is 460 g/mol. The van der Waals surface area contributed by atoms with Crippen LogP contribution in [0, 0.1) is 0 Å². The second-order valence-electron chi connectivity index (χ2n) is 8.38. The van der Waals surface area contributed by atoms with Crippen molar-refractivity contribution in [1.29, 1.82) is 0 Å². The van der Waals surface area contributed by atoms with Crippen LogP contribution in [0.5, 0.6) is 0 Å². The number of nitrogens with zero attached hydrogens (tertiary/aromatic N) is 1. The molecule has 0 aliphatic carbocycles. The van der Waals surface area contributed by atoms with Gasteiger partial charge in [0.15, 0.2) is 0 Å². The van der Waals surface area contributed by atoms with E-state index in [4.69, 9.17) is 4.74 Å². The topological polar surface area (TPSA) is 77.4 Å². The van der Waals surface area contributed by atoms with Crippen LogP contribution < -0.4 is 10.7 Å². The minimum atomic E-state index is -0.896. The number of hydrogen-bond donors (Lipinski definition) is 1. The van der Waals surface area contributed by atoms with Gasteiger partial charge in [-0.2, -0.15) is 0 Å². The molecule has 1 heterocycles. The SMILES string of the molecule is CC(NC(=O)c1cn(Cc2ccccc2)c2ccc(Br)cc2c1=O)C(=O)OC(C)(C)C. The molecule has 162 valence electrons. The first-order chi connectivity index (χ1) is 14.5. The molecule has 2 aromatic carbocycles. The van der Waals surface area contributed by atoms with Crippen molar-refractivity contribution in [2.75, 3.05) is 0 Å². The maximum atomic E-state index is 13.1. The Bertz CT molecular complexity index is 1180. The molecule has 1 amide bonds. The van der Waals surface area contributed by atoms with Crippen LogP contribution in [-0.4, -0.2) is 28.1 Å². The number of esters is 1. The van der Waals surface area contributed by atoms with E-state index < -0.39 is 28.9 Å². The van der Waals surface area contributed by atoms with E-state index in [0.717, 1.165) is 10.0 Å². The summed E-state index contributed by atoms with van der Waals surface area (Å²) in [5, 5.41) is 3.01. The van der Waals surface area contributed by atoms with Crippen LogP contribution in [0.25, 0.3) is 10.9 Å². The number of fused-ring (bicyclic) bond motifs is 1. The molecule has 0 aliphatic rings. The standard InChI is InChI=1S/C24H25BrN2O4/c1-15(23(30)31-24(2,3)4)26-22(29)19-14-27(13-16-8-6-5-7-9-16)20-11-10-17(25)12-18(20)21(19)28/h5-12,14-15H,13H2,1-4H3,(H,26,29). The van der Waals surface area contributed by atoms with Crippen molar-refractivity contribution in [2.24, 2.45) is 0 Å². The van der Waals surface area contributed by atoms with Gasteiger partial charge in [-0.05, 0) is 51.5 Å². The quantitative estimate of drug-likeness (QED) is 0.548. The third kappa shape index (κ3) is 5.61. The number of benzene rings is 2. The first-order valence-electron chi connectivity index (χ1n) is 9.95. The zero-order valence-electron chi connectivity index (χ0n) is 17.9. The molecule has 3 aromatic rings. The largest absolute Gasteiger partial charge is 0.458 e. The zero-order valence-corrected chi connectivity index (χ0v) is 19.5. The van der Waals surface area contributed by atoms with Gasteiger partial charge >= 0.3 is 5.97 Å². The predicted octanol–water partition coefficient (Wildman–Crippen LogP) is 4.27. The number of carbonyl (C=O) groups is 2. The number of aromatic nitrogens is 1. The molecule has 1 N–H and O–H groups in total. The number of amides is 1. The average molecular weight is 485 g/mol. The monoisotopic (exact) mass is 484 g/mol. The molecule has 0 radical (unpaired) electrons. The lowest BCUT2D eigenvalue weighted by molar-refractivity contribution is -0.156. The molecule has 0 bridgehead atoms. The van der Waals surface area contributed by atoms with Crippen molar-refractivity contribution in [3.05, 3.63) is 80.6 Å². The molecule has 6 nitrogen and oxygen atoms in total. The maximum Gasteiger partial charge on any atom is 0.328 e. The van der Waals surface area contributed by atoms with Gasteiger partial charge in [-0.3, -0.25) is 9.59 Å². The number of hydrogen-bond acceptors (Lipinski definition) is 4. The summed E-state index contributed by atoms with van der Waals surface area (Å²) in [5.74, 6) is -1.18. The lowest BCUT2D eigenvalue weighted by atomic mass is 10.1. The Morgan fingerprint density at radius 3 is 2.45 bits per heavy atom.